The number of amides is 1. The predicted octanol–water partition coefficient (Wildman–Crippen LogP) is 1.56. The minimum absolute atomic E-state index is 0.249. The van der Waals surface area contributed by atoms with Crippen molar-refractivity contribution in [3.05, 3.63) is 29.3 Å². The normalized spacial score (nSPS) is 14.1. The number of methoxy groups -OCH3 is 1. The molecule has 0 bridgehead atoms. The quantitative estimate of drug-likeness (QED) is 0.815. The molecule has 5 nitrogen and oxygen atoms in total. The first-order valence-corrected chi connectivity index (χ1v) is 5.85. The van der Waals surface area contributed by atoms with Gasteiger partial charge in [0.25, 0.3) is 5.91 Å². The lowest BCUT2D eigenvalue weighted by Gasteiger charge is -2.26. The Balaban J connectivity index is 2.21. The average molecular weight is 249 g/mol. The van der Waals surface area contributed by atoms with Crippen molar-refractivity contribution >= 4 is 11.9 Å². The van der Waals surface area contributed by atoms with Gasteiger partial charge < -0.3 is 9.57 Å². The highest BCUT2D eigenvalue weighted by molar-refractivity contribution is 5.96. The molecular formula is C13H15NO4. The Labute approximate surface area is 105 Å². The molecule has 0 radical (unpaired) electrons. The van der Waals surface area contributed by atoms with Crippen molar-refractivity contribution in [2.45, 2.75) is 19.8 Å². The fourth-order valence-corrected chi connectivity index (χ4v) is 1.84. The van der Waals surface area contributed by atoms with E-state index in [1.54, 1.807) is 26.2 Å². The van der Waals surface area contributed by atoms with Gasteiger partial charge in [-0.05, 0) is 30.2 Å². The molecular weight excluding hydrogens is 234 g/mol. The number of carbonyl (C=O) groups excluding carboxylic acids is 2. The van der Waals surface area contributed by atoms with Gasteiger partial charge in [0, 0.05) is 12.0 Å². The second-order valence-electron chi connectivity index (χ2n) is 4.00. The molecule has 0 atom stereocenters. The van der Waals surface area contributed by atoms with E-state index >= 15 is 0 Å². The topological polar surface area (TPSA) is 55.8 Å². The summed E-state index contributed by atoms with van der Waals surface area (Å²) in [6, 6.07) is 5.26. The highest BCUT2D eigenvalue weighted by Gasteiger charge is 2.27. The molecule has 0 saturated carbocycles. The lowest BCUT2D eigenvalue weighted by Crippen LogP contribution is -2.39. The van der Waals surface area contributed by atoms with Crippen molar-refractivity contribution in [2.75, 3.05) is 13.7 Å². The second kappa shape index (κ2) is 5.08. The zero-order valence-electron chi connectivity index (χ0n) is 10.4. The van der Waals surface area contributed by atoms with Gasteiger partial charge in [-0.1, -0.05) is 6.92 Å². The molecule has 2 rings (SSSR count). The van der Waals surface area contributed by atoms with Crippen LogP contribution in [0.4, 0.5) is 0 Å². The molecule has 1 aliphatic heterocycles. The lowest BCUT2D eigenvalue weighted by molar-refractivity contribution is -0.178. The van der Waals surface area contributed by atoms with Crippen LogP contribution < -0.4 is 4.74 Å². The van der Waals surface area contributed by atoms with Gasteiger partial charge in [0.15, 0.2) is 0 Å². The SMILES string of the molecule is CCC(=O)ON1CCc2cc(OC)ccc2C1=O. The summed E-state index contributed by atoms with van der Waals surface area (Å²) in [5.41, 5.74) is 1.48. The molecule has 0 aliphatic carbocycles. The van der Waals surface area contributed by atoms with E-state index in [1.807, 2.05) is 6.07 Å². The van der Waals surface area contributed by atoms with Crippen LogP contribution in [0.25, 0.3) is 0 Å². The van der Waals surface area contributed by atoms with Gasteiger partial charge in [-0.25, -0.2) is 4.79 Å². The molecule has 1 aromatic rings. The van der Waals surface area contributed by atoms with Crippen molar-refractivity contribution in [3.8, 4) is 5.75 Å². The Morgan fingerprint density at radius 1 is 1.44 bits per heavy atom. The number of hydrogen-bond acceptors (Lipinski definition) is 4. The van der Waals surface area contributed by atoms with Gasteiger partial charge >= 0.3 is 5.97 Å². The Morgan fingerprint density at radius 3 is 2.89 bits per heavy atom. The summed E-state index contributed by atoms with van der Waals surface area (Å²) in [5, 5.41) is 1.13. The van der Waals surface area contributed by atoms with Gasteiger partial charge in [0.05, 0.1) is 13.7 Å². The number of nitrogens with zero attached hydrogens (tertiary/aromatic N) is 1. The molecule has 96 valence electrons. The lowest BCUT2D eigenvalue weighted by atomic mass is 10.00. The molecule has 1 aromatic carbocycles. The fourth-order valence-electron chi connectivity index (χ4n) is 1.84. The molecule has 5 heteroatoms. The van der Waals surface area contributed by atoms with Gasteiger partial charge in [-0.2, -0.15) is 5.06 Å². The summed E-state index contributed by atoms with van der Waals surface area (Å²) in [5.74, 6) is 0.0431. The summed E-state index contributed by atoms with van der Waals surface area (Å²) in [7, 11) is 1.59. The molecule has 18 heavy (non-hydrogen) atoms. The zero-order valence-corrected chi connectivity index (χ0v) is 10.4. The minimum Gasteiger partial charge on any atom is -0.497 e. The molecule has 0 N–H and O–H groups in total. The highest BCUT2D eigenvalue weighted by atomic mass is 16.7. The first-order chi connectivity index (χ1) is 8.65. The molecule has 1 heterocycles. The van der Waals surface area contributed by atoms with Gasteiger partial charge in [-0.3, -0.25) is 4.79 Å². The number of carbonyl (C=O) groups is 2. The zero-order chi connectivity index (χ0) is 13.1. The molecule has 0 unspecified atom stereocenters. The van der Waals surface area contributed by atoms with Crippen molar-refractivity contribution in [2.24, 2.45) is 0 Å². The van der Waals surface area contributed by atoms with E-state index in [2.05, 4.69) is 0 Å². The fraction of sp³-hybridized carbons (Fsp3) is 0.385. The van der Waals surface area contributed by atoms with Gasteiger partial charge in [0.2, 0.25) is 0 Å². The molecule has 1 amide bonds. The first kappa shape index (κ1) is 12.4. The summed E-state index contributed by atoms with van der Waals surface area (Å²) in [6.45, 7) is 2.07. The molecule has 0 fully saturated rings. The Morgan fingerprint density at radius 2 is 2.22 bits per heavy atom. The van der Waals surface area contributed by atoms with Crippen molar-refractivity contribution < 1.29 is 19.2 Å². The van der Waals surface area contributed by atoms with E-state index in [4.69, 9.17) is 9.57 Å². The van der Waals surface area contributed by atoms with E-state index in [0.717, 1.165) is 16.4 Å². The predicted molar refractivity (Wildman–Crippen MR) is 64.1 cm³/mol. The summed E-state index contributed by atoms with van der Waals surface area (Å²) in [6.07, 6.45) is 0.897. The second-order valence-corrected chi connectivity index (χ2v) is 4.00. The maximum Gasteiger partial charge on any atom is 0.332 e. The number of benzene rings is 1. The van der Waals surface area contributed by atoms with Crippen LogP contribution in [0.15, 0.2) is 18.2 Å². The number of hydrogen-bond donors (Lipinski definition) is 0. The number of fused-ring (bicyclic) bond motifs is 1. The molecule has 1 aliphatic rings. The number of ether oxygens (including phenoxy) is 1. The van der Waals surface area contributed by atoms with Crippen LogP contribution in [-0.2, 0) is 16.1 Å². The minimum atomic E-state index is -0.402. The van der Waals surface area contributed by atoms with Crippen molar-refractivity contribution in [3.63, 3.8) is 0 Å². The van der Waals surface area contributed by atoms with E-state index in [9.17, 15) is 9.59 Å². The monoisotopic (exact) mass is 249 g/mol. The highest BCUT2D eigenvalue weighted by Crippen LogP contribution is 2.23. The van der Waals surface area contributed by atoms with Crippen LogP contribution in [0.5, 0.6) is 5.75 Å². The van der Waals surface area contributed by atoms with Crippen LogP contribution >= 0.6 is 0 Å². The van der Waals surface area contributed by atoms with E-state index < -0.39 is 5.97 Å². The number of rotatable bonds is 3. The van der Waals surface area contributed by atoms with Crippen LogP contribution in [-0.4, -0.2) is 30.6 Å². The standard InChI is InChI=1S/C13H15NO4/c1-3-12(15)18-14-7-6-9-8-10(17-2)4-5-11(9)13(14)16/h4-5,8H,3,6-7H2,1-2H3. The maximum absolute atomic E-state index is 12.1. The summed E-state index contributed by atoms with van der Waals surface area (Å²) in [4.78, 5) is 28.3. The average Bonchev–Trinajstić information content (AvgIpc) is 2.41. The Hall–Kier alpha value is -2.04. The summed E-state index contributed by atoms with van der Waals surface area (Å²) >= 11 is 0. The molecule has 0 aromatic heterocycles. The van der Waals surface area contributed by atoms with Gasteiger partial charge in [-0.15, -0.1) is 0 Å². The van der Waals surface area contributed by atoms with Crippen LogP contribution in [0.2, 0.25) is 0 Å². The van der Waals surface area contributed by atoms with E-state index in [1.165, 1.54) is 0 Å². The maximum atomic E-state index is 12.1. The first-order valence-electron chi connectivity index (χ1n) is 5.85. The van der Waals surface area contributed by atoms with E-state index in [-0.39, 0.29) is 12.3 Å². The number of hydroxylamine groups is 2. The van der Waals surface area contributed by atoms with Crippen molar-refractivity contribution in [1.29, 1.82) is 0 Å². The van der Waals surface area contributed by atoms with Crippen LogP contribution in [0.1, 0.15) is 29.3 Å². The Bertz CT molecular complexity index is 484. The Kier molecular flexibility index (Phi) is 3.50. The largest absolute Gasteiger partial charge is 0.497 e. The van der Waals surface area contributed by atoms with Crippen LogP contribution in [0.3, 0.4) is 0 Å². The molecule has 0 saturated heterocycles. The summed E-state index contributed by atoms with van der Waals surface area (Å²) < 4.78 is 5.11. The van der Waals surface area contributed by atoms with E-state index in [0.29, 0.717) is 18.5 Å². The third-order valence-corrected chi connectivity index (χ3v) is 2.85. The van der Waals surface area contributed by atoms with Crippen LogP contribution in [0, 0.1) is 0 Å². The third kappa shape index (κ3) is 2.30. The smallest absolute Gasteiger partial charge is 0.332 e. The van der Waals surface area contributed by atoms with Gasteiger partial charge in [0.1, 0.15) is 5.75 Å². The van der Waals surface area contributed by atoms with Crippen molar-refractivity contribution in [1.82, 2.24) is 5.06 Å². The molecule has 0 spiro atoms. The third-order valence-electron chi connectivity index (χ3n) is 2.85.